The van der Waals surface area contributed by atoms with E-state index < -0.39 is 0 Å². The van der Waals surface area contributed by atoms with Gasteiger partial charge in [0.25, 0.3) is 0 Å². The second-order valence-electron chi connectivity index (χ2n) is 7.43. The minimum absolute atomic E-state index is 0.101. The summed E-state index contributed by atoms with van der Waals surface area (Å²) in [6.45, 7) is 4.11. The van der Waals surface area contributed by atoms with Crippen LogP contribution in [0.3, 0.4) is 0 Å². The number of ether oxygens (including phenoxy) is 2. The molecule has 5 heteroatoms. The van der Waals surface area contributed by atoms with Crippen molar-refractivity contribution in [3.8, 4) is 11.5 Å². The largest absolute Gasteiger partial charge is 0.493 e. The molecule has 1 unspecified atom stereocenters. The number of pyridine rings is 1. The average Bonchev–Trinajstić information content (AvgIpc) is 2.66. The molecule has 1 fully saturated rings. The van der Waals surface area contributed by atoms with Crippen LogP contribution in [0.15, 0.2) is 30.5 Å². The first-order chi connectivity index (χ1) is 12.6. The fourth-order valence-electron chi connectivity index (χ4n) is 4.46. The molecular formula is C21H27N3O2. The van der Waals surface area contributed by atoms with Crippen LogP contribution in [-0.4, -0.2) is 43.2 Å². The molecule has 1 aromatic heterocycles. The predicted molar refractivity (Wildman–Crippen MR) is 102 cm³/mol. The van der Waals surface area contributed by atoms with E-state index in [2.05, 4.69) is 35.0 Å². The molecule has 3 atom stereocenters. The van der Waals surface area contributed by atoms with Crippen LogP contribution in [0.5, 0.6) is 11.5 Å². The second-order valence-corrected chi connectivity index (χ2v) is 7.43. The van der Waals surface area contributed by atoms with Crippen molar-refractivity contribution in [1.29, 1.82) is 0 Å². The fourth-order valence-corrected chi connectivity index (χ4v) is 4.46. The summed E-state index contributed by atoms with van der Waals surface area (Å²) in [4.78, 5) is 7.16. The lowest BCUT2D eigenvalue weighted by Gasteiger charge is -2.46. The Morgan fingerprint density at radius 3 is 2.65 bits per heavy atom. The molecular weight excluding hydrogens is 326 g/mol. The molecule has 0 amide bonds. The molecule has 2 aliphatic rings. The molecule has 5 nitrogen and oxygen atoms in total. The number of nitrogens with two attached hydrogens (primary N) is 1. The van der Waals surface area contributed by atoms with Crippen molar-refractivity contribution >= 4 is 0 Å². The first-order valence-corrected chi connectivity index (χ1v) is 9.27. The van der Waals surface area contributed by atoms with E-state index in [0.29, 0.717) is 6.04 Å². The van der Waals surface area contributed by atoms with Gasteiger partial charge in [0.2, 0.25) is 0 Å². The lowest BCUT2D eigenvalue weighted by molar-refractivity contribution is 0.108. The highest BCUT2D eigenvalue weighted by atomic mass is 16.5. The van der Waals surface area contributed by atoms with Gasteiger partial charge in [0.1, 0.15) is 0 Å². The van der Waals surface area contributed by atoms with E-state index >= 15 is 0 Å². The number of piperidine rings is 1. The maximum absolute atomic E-state index is 6.63. The summed E-state index contributed by atoms with van der Waals surface area (Å²) in [6, 6.07) is 8.93. The van der Waals surface area contributed by atoms with E-state index in [4.69, 9.17) is 15.2 Å². The summed E-state index contributed by atoms with van der Waals surface area (Å²) >= 11 is 0. The molecule has 2 N–H and O–H groups in total. The maximum atomic E-state index is 6.63. The topological polar surface area (TPSA) is 60.6 Å². The summed E-state index contributed by atoms with van der Waals surface area (Å²) in [5, 5.41) is 0. The fraction of sp³-hybridized carbons (Fsp3) is 0.476. The van der Waals surface area contributed by atoms with Gasteiger partial charge in [-0.15, -0.1) is 0 Å². The third kappa shape index (κ3) is 2.95. The van der Waals surface area contributed by atoms with Crippen molar-refractivity contribution in [2.24, 2.45) is 5.73 Å². The smallest absolute Gasteiger partial charge is 0.161 e. The number of aromatic nitrogens is 1. The number of aryl methyl sites for hydroxylation is 1. The van der Waals surface area contributed by atoms with Crippen LogP contribution in [-0.2, 0) is 6.42 Å². The number of rotatable bonds is 3. The summed E-state index contributed by atoms with van der Waals surface area (Å²) in [5.41, 5.74) is 11.7. The minimum atomic E-state index is 0.101. The van der Waals surface area contributed by atoms with Gasteiger partial charge in [-0.05, 0) is 60.7 Å². The van der Waals surface area contributed by atoms with Crippen molar-refractivity contribution in [2.45, 2.75) is 37.8 Å². The van der Waals surface area contributed by atoms with Gasteiger partial charge < -0.3 is 15.2 Å². The van der Waals surface area contributed by atoms with Crippen molar-refractivity contribution in [2.75, 3.05) is 27.3 Å². The molecule has 0 spiro atoms. The van der Waals surface area contributed by atoms with Crippen molar-refractivity contribution in [1.82, 2.24) is 9.88 Å². The van der Waals surface area contributed by atoms with Crippen LogP contribution >= 0.6 is 0 Å². The van der Waals surface area contributed by atoms with Gasteiger partial charge in [-0.25, -0.2) is 0 Å². The molecule has 0 aliphatic carbocycles. The zero-order chi connectivity index (χ0) is 18.3. The van der Waals surface area contributed by atoms with Gasteiger partial charge in [-0.1, -0.05) is 0 Å². The predicted octanol–water partition coefficient (Wildman–Crippen LogP) is 2.82. The maximum Gasteiger partial charge on any atom is 0.161 e. The van der Waals surface area contributed by atoms with Crippen molar-refractivity contribution < 1.29 is 9.47 Å². The van der Waals surface area contributed by atoms with Gasteiger partial charge in [-0.3, -0.25) is 9.88 Å². The summed E-state index contributed by atoms with van der Waals surface area (Å²) < 4.78 is 11.0. The average molecular weight is 353 g/mol. The Morgan fingerprint density at radius 1 is 1.15 bits per heavy atom. The second kappa shape index (κ2) is 6.89. The van der Waals surface area contributed by atoms with E-state index in [9.17, 15) is 0 Å². The zero-order valence-electron chi connectivity index (χ0n) is 15.7. The molecule has 0 saturated carbocycles. The van der Waals surface area contributed by atoms with E-state index in [-0.39, 0.29) is 12.0 Å². The van der Waals surface area contributed by atoms with Crippen LogP contribution in [0.1, 0.15) is 40.8 Å². The molecule has 2 aliphatic heterocycles. The number of hydrogen-bond donors (Lipinski definition) is 1. The molecule has 0 radical (unpaired) electrons. The van der Waals surface area contributed by atoms with Gasteiger partial charge >= 0.3 is 0 Å². The number of nitrogens with zero attached hydrogens (tertiary/aromatic N) is 2. The summed E-state index contributed by atoms with van der Waals surface area (Å²) in [7, 11) is 3.38. The number of benzene rings is 1. The van der Waals surface area contributed by atoms with Gasteiger partial charge in [0.05, 0.1) is 14.2 Å². The minimum Gasteiger partial charge on any atom is -0.493 e. The lowest BCUT2D eigenvalue weighted by Crippen LogP contribution is -2.50. The standard InChI is InChI=1S/C21H27N3O2/c1-13-4-6-23-18(8-13)16-12-24-7-5-14-9-20(25-2)21(26-3)10-15(14)19(24)11-17(16)22/h4,6,8-10,16-17,19H,5,7,11-12,22H2,1-3H3/t16-,17?,19-/m1/s1. The van der Waals surface area contributed by atoms with Gasteiger partial charge in [-0.2, -0.15) is 0 Å². The molecule has 0 bridgehead atoms. The van der Waals surface area contributed by atoms with Gasteiger partial charge in [0.15, 0.2) is 11.5 Å². The molecule has 26 heavy (non-hydrogen) atoms. The highest BCUT2D eigenvalue weighted by Crippen LogP contribution is 2.43. The first kappa shape index (κ1) is 17.3. The Labute approximate surface area is 155 Å². The van der Waals surface area contributed by atoms with Crippen LogP contribution in [0, 0.1) is 6.92 Å². The highest BCUT2D eigenvalue weighted by Gasteiger charge is 2.39. The SMILES string of the molecule is COc1cc2c(cc1OC)[C@H]1CC(N)[C@H](c3cc(C)ccn3)CN1CC2. The zero-order valence-corrected chi connectivity index (χ0v) is 15.7. The van der Waals surface area contributed by atoms with Gasteiger partial charge in [0, 0.05) is 43.0 Å². The van der Waals surface area contributed by atoms with E-state index in [1.807, 2.05) is 12.3 Å². The highest BCUT2D eigenvalue weighted by molar-refractivity contribution is 5.49. The van der Waals surface area contributed by atoms with Crippen LogP contribution in [0.25, 0.3) is 0 Å². The molecule has 2 aromatic rings. The number of hydrogen-bond acceptors (Lipinski definition) is 5. The normalized spacial score (nSPS) is 25.3. The third-order valence-electron chi connectivity index (χ3n) is 5.87. The Morgan fingerprint density at radius 2 is 1.92 bits per heavy atom. The first-order valence-electron chi connectivity index (χ1n) is 9.27. The van der Waals surface area contributed by atoms with Crippen LogP contribution in [0.2, 0.25) is 0 Å². The Hall–Kier alpha value is -2.11. The van der Waals surface area contributed by atoms with E-state index in [1.54, 1.807) is 14.2 Å². The summed E-state index contributed by atoms with van der Waals surface area (Å²) in [6.07, 6.45) is 3.85. The molecule has 1 saturated heterocycles. The lowest BCUT2D eigenvalue weighted by atomic mass is 9.79. The Kier molecular flexibility index (Phi) is 4.59. The number of methoxy groups -OCH3 is 2. The van der Waals surface area contributed by atoms with E-state index in [1.165, 1.54) is 16.7 Å². The number of fused-ring (bicyclic) bond motifs is 3. The van der Waals surface area contributed by atoms with Crippen molar-refractivity contribution in [3.05, 3.63) is 52.8 Å². The van der Waals surface area contributed by atoms with E-state index in [0.717, 1.165) is 43.1 Å². The summed E-state index contributed by atoms with van der Waals surface area (Å²) in [5.74, 6) is 1.89. The Bertz CT molecular complexity index is 808. The Balaban J connectivity index is 1.64. The quantitative estimate of drug-likeness (QED) is 0.919. The monoisotopic (exact) mass is 353 g/mol. The molecule has 4 rings (SSSR count). The van der Waals surface area contributed by atoms with Crippen molar-refractivity contribution in [3.63, 3.8) is 0 Å². The molecule has 138 valence electrons. The van der Waals surface area contributed by atoms with Crippen LogP contribution in [0.4, 0.5) is 0 Å². The third-order valence-corrected chi connectivity index (χ3v) is 5.87. The van der Waals surface area contributed by atoms with Crippen LogP contribution < -0.4 is 15.2 Å². The molecule has 1 aromatic carbocycles. The molecule has 3 heterocycles.